The normalized spacial score (nSPS) is 10.7. The van der Waals surface area contributed by atoms with Crippen LogP contribution >= 0.6 is 11.3 Å². The highest BCUT2D eigenvalue weighted by atomic mass is 32.1. The monoisotopic (exact) mass is 375 g/mol. The molecule has 0 amide bonds. The molecule has 0 unspecified atom stereocenters. The molecule has 0 bridgehead atoms. The summed E-state index contributed by atoms with van der Waals surface area (Å²) in [6, 6.07) is 9.56. The zero-order chi connectivity index (χ0) is 18.7. The van der Waals surface area contributed by atoms with Crippen molar-refractivity contribution in [2.24, 2.45) is 0 Å². The first-order valence-electron chi connectivity index (χ1n) is 7.93. The van der Waals surface area contributed by atoms with Crippen molar-refractivity contribution in [1.29, 1.82) is 0 Å². The Morgan fingerprint density at radius 2 is 1.92 bits per heavy atom. The summed E-state index contributed by atoms with van der Waals surface area (Å²) in [5.41, 5.74) is 0.555. The average Bonchev–Trinajstić information content (AvgIpc) is 3.01. The Morgan fingerprint density at radius 1 is 1.19 bits per heavy atom. The summed E-state index contributed by atoms with van der Waals surface area (Å²) in [5.74, 6) is -2.02. The third-order valence-corrected chi connectivity index (χ3v) is 4.71. The van der Waals surface area contributed by atoms with Gasteiger partial charge in [-0.05, 0) is 36.2 Å². The molecule has 0 atom stereocenters. The number of aromatic hydroxyl groups is 1. The highest BCUT2D eigenvalue weighted by molar-refractivity contribution is 7.18. The second-order valence-electron chi connectivity index (χ2n) is 5.48. The van der Waals surface area contributed by atoms with Crippen LogP contribution in [0.25, 0.3) is 21.0 Å². The van der Waals surface area contributed by atoms with Gasteiger partial charge in [-0.15, -0.1) is 11.3 Å². The molecule has 0 spiro atoms. The van der Waals surface area contributed by atoms with Crippen LogP contribution in [0.5, 0.6) is 5.88 Å². The van der Waals surface area contributed by atoms with Crippen LogP contribution in [0.4, 0.5) is 8.78 Å². The molecule has 3 rings (SSSR count). The Hall–Kier alpha value is -2.80. The molecule has 1 heterocycles. The number of esters is 1. The molecule has 0 saturated carbocycles. The van der Waals surface area contributed by atoms with Crippen molar-refractivity contribution in [3.63, 3.8) is 0 Å². The molecule has 0 aliphatic rings. The molecule has 0 radical (unpaired) electrons. The van der Waals surface area contributed by atoms with Crippen LogP contribution in [-0.2, 0) is 4.74 Å². The van der Waals surface area contributed by atoms with E-state index in [9.17, 15) is 18.7 Å². The zero-order valence-electron chi connectivity index (χ0n) is 13.8. The van der Waals surface area contributed by atoms with Crippen molar-refractivity contribution < 1.29 is 23.4 Å². The van der Waals surface area contributed by atoms with Crippen LogP contribution in [0.1, 0.15) is 23.7 Å². The van der Waals surface area contributed by atoms with Crippen molar-refractivity contribution in [1.82, 2.24) is 4.98 Å². The van der Waals surface area contributed by atoms with Gasteiger partial charge in [0, 0.05) is 0 Å². The van der Waals surface area contributed by atoms with E-state index in [1.54, 1.807) is 0 Å². The van der Waals surface area contributed by atoms with Crippen LogP contribution in [0.15, 0.2) is 42.5 Å². The molecule has 2 aromatic carbocycles. The molecule has 1 N–H and O–H groups in total. The number of ether oxygens (including phenoxy) is 1. The number of hydrogen-bond donors (Lipinski definition) is 1. The molecule has 0 saturated heterocycles. The number of carbonyl (C=O) groups is 1. The van der Waals surface area contributed by atoms with Crippen LogP contribution < -0.4 is 0 Å². The Kier molecular flexibility index (Phi) is 5.27. The quantitative estimate of drug-likeness (QED) is 0.636. The SMILES string of the molecule is CCCOC(=O)c1cccc(F)c1-c1nc(O)c(-c2ccc(F)cc2)s1. The third-order valence-electron chi connectivity index (χ3n) is 3.60. The predicted octanol–water partition coefficient (Wildman–Crippen LogP) is 5.03. The van der Waals surface area contributed by atoms with Crippen molar-refractivity contribution >= 4 is 17.3 Å². The van der Waals surface area contributed by atoms with Gasteiger partial charge < -0.3 is 9.84 Å². The lowest BCUT2D eigenvalue weighted by atomic mass is 10.1. The van der Waals surface area contributed by atoms with Gasteiger partial charge in [0.2, 0.25) is 5.88 Å². The van der Waals surface area contributed by atoms with E-state index in [-0.39, 0.29) is 28.6 Å². The first-order chi connectivity index (χ1) is 12.5. The summed E-state index contributed by atoms with van der Waals surface area (Å²) < 4.78 is 32.6. The van der Waals surface area contributed by atoms with Gasteiger partial charge in [0.05, 0.1) is 22.6 Å². The molecule has 0 aliphatic heterocycles. The van der Waals surface area contributed by atoms with E-state index in [1.807, 2.05) is 6.92 Å². The number of thiazole rings is 1. The molecule has 7 heteroatoms. The largest absolute Gasteiger partial charge is 0.492 e. The summed E-state index contributed by atoms with van der Waals surface area (Å²) in [4.78, 5) is 16.6. The Morgan fingerprint density at radius 3 is 2.62 bits per heavy atom. The molecular weight excluding hydrogens is 360 g/mol. The topological polar surface area (TPSA) is 59.4 Å². The van der Waals surface area contributed by atoms with Crippen LogP contribution in [0, 0.1) is 11.6 Å². The van der Waals surface area contributed by atoms with Crippen molar-refractivity contribution in [2.75, 3.05) is 6.61 Å². The van der Waals surface area contributed by atoms with Gasteiger partial charge >= 0.3 is 5.97 Å². The Balaban J connectivity index is 2.06. The number of hydrogen-bond acceptors (Lipinski definition) is 5. The van der Waals surface area contributed by atoms with Gasteiger partial charge in [-0.1, -0.05) is 25.1 Å². The van der Waals surface area contributed by atoms with Gasteiger partial charge in [0.25, 0.3) is 0 Å². The molecular formula is C19H15F2NO3S. The minimum absolute atomic E-state index is 0.0257. The molecule has 4 nitrogen and oxygen atoms in total. The first kappa shape index (κ1) is 18.0. The van der Waals surface area contributed by atoms with E-state index in [1.165, 1.54) is 42.5 Å². The van der Waals surface area contributed by atoms with Gasteiger partial charge in [0.1, 0.15) is 16.6 Å². The molecule has 26 heavy (non-hydrogen) atoms. The second kappa shape index (κ2) is 7.61. The molecule has 134 valence electrons. The minimum atomic E-state index is -0.653. The van der Waals surface area contributed by atoms with Gasteiger partial charge in [0.15, 0.2) is 0 Å². The van der Waals surface area contributed by atoms with Crippen LogP contribution in [0.3, 0.4) is 0 Å². The van der Waals surface area contributed by atoms with Crippen LogP contribution in [0.2, 0.25) is 0 Å². The summed E-state index contributed by atoms with van der Waals surface area (Å²) in [6.45, 7) is 2.08. The van der Waals surface area contributed by atoms with Gasteiger partial charge in [-0.25, -0.2) is 18.6 Å². The third kappa shape index (κ3) is 3.57. The standard InChI is InChI=1S/C19H15F2NO3S/c1-2-10-25-19(24)13-4-3-5-14(21)15(13)18-22-17(23)16(26-18)11-6-8-12(20)9-7-11/h3-9,23H,2,10H2,1H3. The smallest absolute Gasteiger partial charge is 0.338 e. The first-order valence-corrected chi connectivity index (χ1v) is 8.74. The molecule has 1 aromatic heterocycles. The molecule has 0 aliphatic carbocycles. The summed E-state index contributed by atoms with van der Waals surface area (Å²) >= 11 is 1.01. The van der Waals surface area contributed by atoms with E-state index < -0.39 is 17.6 Å². The molecule has 0 fully saturated rings. The van der Waals surface area contributed by atoms with Crippen molar-refractivity contribution in [2.45, 2.75) is 13.3 Å². The number of rotatable bonds is 5. The minimum Gasteiger partial charge on any atom is -0.492 e. The number of aromatic nitrogens is 1. The summed E-state index contributed by atoms with van der Waals surface area (Å²) in [7, 11) is 0. The number of benzene rings is 2. The summed E-state index contributed by atoms with van der Waals surface area (Å²) in [6.07, 6.45) is 0.642. The van der Waals surface area contributed by atoms with Gasteiger partial charge in [-0.2, -0.15) is 0 Å². The Labute approximate surface area is 152 Å². The highest BCUT2D eigenvalue weighted by Crippen LogP contribution is 2.41. The second-order valence-corrected chi connectivity index (χ2v) is 6.48. The predicted molar refractivity (Wildman–Crippen MR) is 95.1 cm³/mol. The number of nitrogens with zero attached hydrogens (tertiary/aromatic N) is 1. The zero-order valence-corrected chi connectivity index (χ0v) is 14.6. The maximum atomic E-state index is 14.4. The van der Waals surface area contributed by atoms with E-state index in [4.69, 9.17) is 4.74 Å². The van der Waals surface area contributed by atoms with Gasteiger partial charge in [-0.3, -0.25) is 0 Å². The fourth-order valence-corrected chi connectivity index (χ4v) is 3.42. The van der Waals surface area contributed by atoms with Crippen LogP contribution in [-0.4, -0.2) is 22.7 Å². The fourth-order valence-electron chi connectivity index (χ4n) is 2.39. The lowest BCUT2D eigenvalue weighted by molar-refractivity contribution is 0.0505. The van der Waals surface area contributed by atoms with E-state index >= 15 is 0 Å². The van der Waals surface area contributed by atoms with E-state index in [0.29, 0.717) is 16.9 Å². The highest BCUT2D eigenvalue weighted by Gasteiger charge is 2.23. The lowest BCUT2D eigenvalue weighted by Gasteiger charge is -2.08. The fraction of sp³-hybridized carbons (Fsp3) is 0.158. The van der Waals surface area contributed by atoms with E-state index in [2.05, 4.69) is 4.98 Å². The maximum Gasteiger partial charge on any atom is 0.338 e. The average molecular weight is 375 g/mol. The van der Waals surface area contributed by atoms with E-state index in [0.717, 1.165) is 11.3 Å². The Bertz CT molecular complexity index is 938. The van der Waals surface area contributed by atoms with Crippen molar-refractivity contribution in [3.8, 4) is 26.9 Å². The number of carbonyl (C=O) groups excluding carboxylic acids is 1. The van der Waals surface area contributed by atoms with Crippen molar-refractivity contribution in [3.05, 3.63) is 59.7 Å². The summed E-state index contributed by atoms with van der Waals surface area (Å²) in [5, 5.41) is 10.3. The maximum absolute atomic E-state index is 14.4. The lowest BCUT2D eigenvalue weighted by Crippen LogP contribution is -2.08. The molecule has 3 aromatic rings. The number of halogens is 2.